The fourth-order valence-electron chi connectivity index (χ4n) is 3.55. The van der Waals surface area contributed by atoms with E-state index in [1.54, 1.807) is 18.3 Å². The molecule has 0 amide bonds. The van der Waals surface area contributed by atoms with E-state index in [9.17, 15) is 0 Å². The molecule has 0 aliphatic heterocycles. The summed E-state index contributed by atoms with van der Waals surface area (Å²) in [4.78, 5) is 13.7. The SMILES string of the molecule is CO/N=C\c1cc(Oc2ccc3c(c2)nc(Nc2cccc(Oc4ccccc4)c2)n3C)ccn1. The lowest BCUT2D eigenvalue weighted by atomic mass is 10.3. The molecule has 2 heterocycles. The van der Waals surface area contributed by atoms with Crippen molar-refractivity contribution in [3.8, 4) is 23.0 Å². The van der Waals surface area contributed by atoms with Gasteiger partial charge < -0.3 is 24.2 Å². The number of rotatable bonds is 8. The molecule has 0 spiro atoms. The zero-order valence-corrected chi connectivity index (χ0v) is 19.3. The molecule has 8 heteroatoms. The number of benzene rings is 3. The average Bonchev–Trinajstić information content (AvgIpc) is 3.18. The number of hydrogen-bond donors (Lipinski definition) is 1. The minimum Gasteiger partial charge on any atom is -0.457 e. The fourth-order valence-corrected chi connectivity index (χ4v) is 3.55. The Labute approximate surface area is 202 Å². The topological polar surface area (TPSA) is 82.8 Å². The third kappa shape index (κ3) is 5.22. The molecule has 0 fully saturated rings. The molecule has 0 unspecified atom stereocenters. The van der Waals surface area contributed by atoms with Crippen molar-refractivity contribution in [2.75, 3.05) is 12.4 Å². The molecule has 0 aliphatic rings. The van der Waals surface area contributed by atoms with Crippen LogP contribution in [0.15, 0.2) is 96.3 Å². The van der Waals surface area contributed by atoms with E-state index in [4.69, 9.17) is 19.3 Å². The number of hydrogen-bond acceptors (Lipinski definition) is 7. The van der Waals surface area contributed by atoms with Crippen LogP contribution in [0.2, 0.25) is 0 Å². The van der Waals surface area contributed by atoms with Gasteiger partial charge >= 0.3 is 0 Å². The van der Waals surface area contributed by atoms with E-state index in [-0.39, 0.29) is 0 Å². The highest BCUT2D eigenvalue weighted by Gasteiger charge is 2.10. The second-order valence-electron chi connectivity index (χ2n) is 7.65. The molecule has 0 bridgehead atoms. The lowest BCUT2D eigenvalue weighted by Gasteiger charge is -2.09. The van der Waals surface area contributed by atoms with Crippen LogP contribution in [-0.4, -0.2) is 27.9 Å². The van der Waals surface area contributed by atoms with Crippen LogP contribution in [0.5, 0.6) is 23.0 Å². The highest BCUT2D eigenvalue weighted by molar-refractivity contribution is 5.81. The minimum absolute atomic E-state index is 0.633. The van der Waals surface area contributed by atoms with E-state index >= 15 is 0 Å². The average molecular weight is 466 g/mol. The van der Waals surface area contributed by atoms with Gasteiger partial charge in [0, 0.05) is 37.1 Å². The molecule has 174 valence electrons. The first-order chi connectivity index (χ1) is 17.2. The van der Waals surface area contributed by atoms with Gasteiger partial charge in [-0.05, 0) is 42.5 Å². The van der Waals surface area contributed by atoms with Crippen molar-refractivity contribution in [1.82, 2.24) is 14.5 Å². The lowest BCUT2D eigenvalue weighted by molar-refractivity contribution is 0.215. The van der Waals surface area contributed by atoms with Crippen LogP contribution < -0.4 is 14.8 Å². The van der Waals surface area contributed by atoms with Crippen LogP contribution in [0.3, 0.4) is 0 Å². The maximum Gasteiger partial charge on any atom is 0.208 e. The molecule has 0 saturated carbocycles. The number of para-hydroxylation sites is 1. The quantitative estimate of drug-likeness (QED) is 0.215. The molecular weight excluding hydrogens is 442 g/mol. The molecule has 5 aromatic rings. The summed E-state index contributed by atoms with van der Waals surface area (Å²) >= 11 is 0. The van der Waals surface area contributed by atoms with Crippen molar-refractivity contribution in [3.63, 3.8) is 0 Å². The van der Waals surface area contributed by atoms with Crippen LogP contribution in [0, 0.1) is 0 Å². The van der Waals surface area contributed by atoms with E-state index in [0.29, 0.717) is 23.1 Å². The van der Waals surface area contributed by atoms with Crippen molar-refractivity contribution in [1.29, 1.82) is 0 Å². The summed E-state index contributed by atoms with van der Waals surface area (Å²) < 4.78 is 14.0. The molecule has 0 aliphatic carbocycles. The third-order valence-electron chi connectivity index (χ3n) is 5.20. The molecule has 0 saturated heterocycles. The lowest BCUT2D eigenvalue weighted by Crippen LogP contribution is -1.99. The standard InChI is InChI=1S/C27H23N5O3/c1-32-26-12-11-23(35-24-13-14-28-20(16-24)18-29-33-2)17-25(26)31-27(32)30-19-7-6-10-22(15-19)34-21-8-4-3-5-9-21/h3-18H,1-2H3,(H,30,31)/b29-18-. The molecular formula is C27H23N5O3. The second kappa shape index (κ2) is 9.96. The first-order valence-corrected chi connectivity index (χ1v) is 10.9. The maximum absolute atomic E-state index is 6.02. The van der Waals surface area contributed by atoms with Crippen LogP contribution in [0.4, 0.5) is 11.6 Å². The zero-order valence-electron chi connectivity index (χ0n) is 19.3. The monoisotopic (exact) mass is 465 g/mol. The molecule has 1 N–H and O–H groups in total. The largest absolute Gasteiger partial charge is 0.457 e. The molecule has 35 heavy (non-hydrogen) atoms. The maximum atomic E-state index is 6.02. The number of pyridine rings is 1. The van der Waals surface area contributed by atoms with Crippen molar-refractivity contribution < 1.29 is 14.3 Å². The van der Waals surface area contributed by atoms with Gasteiger partial charge in [-0.15, -0.1) is 0 Å². The summed E-state index contributed by atoms with van der Waals surface area (Å²) in [5.74, 6) is 3.54. The van der Waals surface area contributed by atoms with E-state index in [1.807, 2.05) is 84.4 Å². The van der Waals surface area contributed by atoms with Gasteiger partial charge in [-0.2, -0.15) is 0 Å². The van der Waals surface area contributed by atoms with Crippen molar-refractivity contribution >= 4 is 28.9 Å². The van der Waals surface area contributed by atoms with Crippen LogP contribution in [0.1, 0.15) is 5.69 Å². The number of oxime groups is 1. The Morgan fingerprint density at radius 2 is 1.60 bits per heavy atom. The Morgan fingerprint density at radius 1 is 0.829 bits per heavy atom. The third-order valence-corrected chi connectivity index (χ3v) is 5.20. The van der Waals surface area contributed by atoms with E-state index in [0.717, 1.165) is 28.2 Å². The highest BCUT2D eigenvalue weighted by Crippen LogP contribution is 2.29. The summed E-state index contributed by atoms with van der Waals surface area (Å²) in [6, 6.07) is 26.8. The number of imidazole rings is 1. The number of anilines is 2. The van der Waals surface area contributed by atoms with Crippen LogP contribution >= 0.6 is 0 Å². The van der Waals surface area contributed by atoms with Gasteiger partial charge in [0.2, 0.25) is 5.95 Å². The number of aromatic nitrogens is 3. The van der Waals surface area contributed by atoms with Gasteiger partial charge in [0.1, 0.15) is 30.1 Å². The van der Waals surface area contributed by atoms with Crippen molar-refractivity contribution in [2.24, 2.45) is 12.2 Å². The summed E-state index contributed by atoms with van der Waals surface area (Å²) in [5.41, 5.74) is 3.28. The molecule has 0 atom stereocenters. The Balaban J connectivity index is 1.35. The van der Waals surface area contributed by atoms with Gasteiger partial charge in [0.15, 0.2) is 0 Å². The minimum atomic E-state index is 0.633. The van der Waals surface area contributed by atoms with Crippen LogP contribution in [-0.2, 0) is 11.9 Å². The number of ether oxygens (including phenoxy) is 2. The normalized spacial score (nSPS) is 11.0. The van der Waals surface area contributed by atoms with Gasteiger partial charge in [0.25, 0.3) is 0 Å². The predicted octanol–water partition coefficient (Wildman–Crippen LogP) is 6.28. The van der Waals surface area contributed by atoms with Gasteiger partial charge in [-0.3, -0.25) is 4.98 Å². The summed E-state index contributed by atoms with van der Waals surface area (Å²) in [6.45, 7) is 0. The predicted molar refractivity (Wildman–Crippen MR) is 136 cm³/mol. The number of aryl methyl sites for hydroxylation is 1. The first-order valence-electron chi connectivity index (χ1n) is 10.9. The molecule has 0 radical (unpaired) electrons. The van der Waals surface area contributed by atoms with E-state index in [1.165, 1.54) is 13.3 Å². The molecule has 5 rings (SSSR count). The zero-order chi connectivity index (χ0) is 24.0. The Hall–Kier alpha value is -4.85. The Bertz CT molecular complexity index is 1480. The Morgan fingerprint density at radius 3 is 2.46 bits per heavy atom. The molecule has 2 aromatic heterocycles. The number of nitrogens with one attached hydrogen (secondary N) is 1. The summed E-state index contributed by atoms with van der Waals surface area (Å²) in [6.07, 6.45) is 3.18. The van der Waals surface area contributed by atoms with Gasteiger partial charge in [0.05, 0.1) is 22.9 Å². The van der Waals surface area contributed by atoms with Crippen molar-refractivity contribution in [2.45, 2.75) is 0 Å². The highest BCUT2D eigenvalue weighted by atomic mass is 16.6. The number of nitrogens with zero attached hydrogens (tertiary/aromatic N) is 4. The van der Waals surface area contributed by atoms with Gasteiger partial charge in [-0.25, -0.2) is 4.98 Å². The summed E-state index contributed by atoms with van der Waals surface area (Å²) in [7, 11) is 3.45. The smallest absolute Gasteiger partial charge is 0.208 e. The first kappa shape index (κ1) is 22.0. The molecule has 3 aromatic carbocycles. The van der Waals surface area contributed by atoms with Gasteiger partial charge in [-0.1, -0.05) is 29.4 Å². The Kier molecular flexibility index (Phi) is 6.25. The summed E-state index contributed by atoms with van der Waals surface area (Å²) in [5, 5.41) is 7.11. The number of fused-ring (bicyclic) bond motifs is 1. The van der Waals surface area contributed by atoms with Crippen molar-refractivity contribution in [3.05, 3.63) is 96.8 Å². The second-order valence-corrected chi connectivity index (χ2v) is 7.65. The van der Waals surface area contributed by atoms with Crippen LogP contribution in [0.25, 0.3) is 11.0 Å². The van der Waals surface area contributed by atoms with E-state index < -0.39 is 0 Å². The van der Waals surface area contributed by atoms with E-state index in [2.05, 4.69) is 15.5 Å². The molecule has 8 nitrogen and oxygen atoms in total. The fraction of sp³-hybridized carbons (Fsp3) is 0.0741.